The Hall–Kier alpha value is -3.27. The first kappa shape index (κ1) is 21.0. The average molecular weight is 404 g/mol. The van der Waals surface area contributed by atoms with Crippen molar-refractivity contribution < 1.29 is 23.9 Å². The Morgan fingerprint density at radius 3 is 2.39 bits per heavy atom. The van der Waals surface area contributed by atoms with Crippen LogP contribution < -0.4 is 21.5 Å². The minimum Gasteiger partial charge on any atom is -0.463 e. The van der Waals surface area contributed by atoms with Crippen molar-refractivity contribution in [3.63, 3.8) is 0 Å². The molecule has 0 aliphatic heterocycles. The molecule has 0 radical (unpaired) electrons. The summed E-state index contributed by atoms with van der Waals surface area (Å²) in [5, 5.41) is 4.88. The summed E-state index contributed by atoms with van der Waals surface area (Å²) >= 11 is 4.87. The Kier molecular flexibility index (Phi) is 7.64. The second-order valence-corrected chi connectivity index (χ2v) is 6.23. The van der Waals surface area contributed by atoms with E-state index < -0.39 is 17.8 Å². The molecule has 28 heavy (non-hydrogen) atoms. The lowest BCUT2D eigenvalue weighted by Gasteiger charge is -2.10. The molecule has 1 aliphatic carbocycles. The molecule has 0 saturated heterocycles. The van der Waals surface area contributed by atoms with Crippen LogP contribution in [0.1, 0.15) is 30.1 Å². The van der Waals surface area contributed by atoms with Gasteiger partial charge in [0.25, 0.3) is 5.91 Å². The van der Waals surface area contributed by atoms with Crippen molar-refractivity contribution in [2.75, 3.05) is 11.9 Å². The maximum Gasteiger partial charge on any atom is 0.330 e. The number of ether oxygens (including phenoxy) is 1. The molecule has 0 bridgehead atoms. The predicted molar refractivity (Wildman–Crippen MR) is 105 cm³/mol. The summed E-state index contributed by atoms with van der Waals surface area (Å²) in [6.07, 6.45) is 3.74. The highest BCUT2D eigenvalue weighted by molar-refractivity contribution is 7.80. The van der Waals surface area contributed by atoms with Gasteiger partial charge < -0.3 is 10.1 Å². The van der Waals surface area contributed by atoms with Crippen molar-refractivity contribution in [2.45, 2.75) is 19.8 Å². The van der Waals surface area contributed by atoms with E-state index >= 15 is 0 Å². The summed E-state index contributed by atoms with van der Waals surface area (Å²) in [5.41, 5.74) is 5.64. The molecule has 9 nitrogen and oxygen atoms in total. The molecule has 10 heteroatoms. The van der Waals surface area contributed by atoms with Crippen LogP contribution in [0.15, 0.2) is 36.4 Å². The van der Waals surface area contributed by atoms with E-state index in [4.69, 9.17) is 12.2 Å². The summed E-state index contributed by atoms with van der Waals surface area (Å²) < 4.78 is 4.64. The second-order valence-electron chi connectivity index (χ2n) is 5.82. The van der Waals surface area contributed by atoms with Gasteiger partial charge in [0.1, 0.15) is 0 Å². The molecule has 148 valence electrons. The predicted octanol–water partition coefficient (Wildman–Crippen LogP) is 0.790. The average Bonchev–Trinajstić information content (AvgIpc) is 3.50. The summed E-state index contributed by atoms with van der Waals surface area (Å²) in [6.45, 7) is 1.84. The van der Waals surface area contributed by atoms with Crippen molar-refractivity contribution in [3.05, 3.63) is 42.0 Å². The molecule has 4 N–H and O–H groups in total. The van der Waals surface area contributed by atoms with Gasteiger partial charge in [0.05, 0.1) is 6.61 Å². The van der Waals surface area contributed by atoms with Gasteiger partial charge in [0, 0.05) is 29.3 Å². The fraction of sp³-hybridized carbons (Fsp3) is 0.278. The van der Waals surface area contributed by atoms with Crippen LogP contribution in [0.25, 0.3) is 0 Å². The molecule has 3 amide bonds. The molecular formula is C18H20N4O5S. The van der Waals surface area contributed by atoms with Gasteiger partial charge >= 0.3 is 5.97 Å². The summed E-state index contributed by atoms with van der Waals surface area (Å²) in [4.78, 5) is 46.4. The third kappa shape index (κ3) is 7.16. The van der Waals surface area contributed by atoms with Gasteiger partial charge in [-0.2, -0.15) is 0 Å². The summed E-state index contributed by atoms with van der Waals surface area (Å²) in [6, 6.07) is 6.33. The number of hydrogen-bond donors (Lipinski definition) is 4. The van der Waals surface area contributed by atoms with Gasteiger partial charge in [-0.25, -0.2) is 4.79 Å². The van der Waals surface area contributed by atoms with Crippen LogP contribution in [0, 0.1) is 5.92 Å². The number of carbonyl (C=O) groups excluding carboxylic acids is 4. The Balaban J connectivity index is 1.74. The standard InChI is InChI=1S/C18H20N4O5S/c1-2-27-15(24)10-9-14(23)20-18(28)22-21-17(26)12-5-7-13(8-6-12)19-16(25)11-3-4-11/h5-11H,2-4H2,1H3,(H,19,25)(H,21,26)(H2,20,22,23,28)/b10-9+. The first-order valence-corrected chi connectivity index (χ1v) is 8.97. The molecule has 0 heterocycles. The van der Waals surface area contributed by atoms with Crippen LogP contribution in [0.5, 0.6) is 0 Å². The van der Waals surface area contributed by atoms with Gasteiger partial charge in [0.15, 0.2) is 5.11 Å². The van der Waals surface area contributed by atoms with Crippen molar-refractivity contribution in [2.24, 2.45) is 5.92 Å². The highest BCUT2D eigenvalue weighted by Crippen LogP contribution is 2.30. The molecule has 1 aromatic carbocycles. The number of nitrogens with one attached hydrogen (secondary N) is 4. The molecule has 1 aliphatic rings. The number of carbonyl (C=O) groups is 4. The molecule has 0 aromatic heterocycles. The quantitative estimate of drug-likeness (QED) is 0.239. The minimum atomic E-state index is -0.657. The van der Waals surface area contributed by atoms with E-state index in [1.165, 1.54) is 0 Å². The summed E-state index contributed by atoms with van der Waals surface area (Å²) in [7, 11) is 0. The van der Waals surface area contributed by atoms with E-state index in [0.717, 1.165) is 25.0 Å². The SMILES string of the molecule is CCOC(=O)/C=C/C(=O)NC(=S)NNC(=O)c1ccc(NC(=O)C2CC2)cc1. The number of hydrogen-bond acceptors (Lipinski definition) is 6. The number of anilines is 1. The van der Waals surface area contributed by atoms with Crippen LogP contribution in [-0.2, 0) is 19.1 Å². The van der Waals surface area contributed by atoms with Crippen molar-refractivity contribution >= 4 is 46.7 Å². The Labute approximate surface area is 166 Å². The number of amides is 3. The van der Waals surface area contributed by atoms with Gasteiger partial charge in [-0.15, -0.1) is 0 Å². The summed E-state index contributed by atoms with van der Waals surface area (Å²) in [5.74, 6) is -1.72. The third-order valence-electron chi connectivity index (χ3n) is 3.55. The normalized spacial score (nSPS) is 12.8. The fourth-order valence-corrected chi connectivity index (χ4v) is 2.15. The van der Waals surface area contributed by atoms with Crippen LogP contribution in [0.2, 0.25) is 0 Å². The highest BCUT2D eigenvalue weighted by Gasteiger charge is 2.29. The Morgan fingerprint density at radius 2 is 1.79 bits per heavy atom. The zero-order valence-corrected chi connectivity index (χ0v) is 15.9. The van der Waals surface area contributed by atoms with Crippen molar-refractivity contribution in [3.8, 4) is 0 Å². The van der Waals surface area contributed by atoms with E-state index in [1.54, 1.807) is 31.2 Å². The smallest absolute Gasteiger partial charge is 0.330 e. The Morgan fingerprint density at radius 1 is 1.11 bits per heavy atom. The fourth-order valence-electron chi connectivity index (χ4n) is 2.00. The van der Waals surface area contributed by atoms with Crippen molar-refractivity contribution in [1.82, 2.24) is 16.2 Å². The van der Waals surface area contributed by atoms with E-state index in [2.05, 4.69) is 26.2 Å². The van der Waals surface area contributed by atoms with E-state index in [9.17, 15) is 19.2 Å². The second kappa shape index (κ2) is 10.2. The monoisotopic (exact) mass is 404 g/mol. The number of rotatable bonds is 6. The van der Waals surface area contributed by atoms with Crippen LogP contribution >= 0.6 is 12.2 Å². The van der Waals surface area contributed by atoms with Crippen molar-refractivity contribution in [1.29, 1.82) is 0 Å². The molecule has 2 rings (SSSR count). The number of thiocarbonyl (C=S) groups is 1. The van der Waals surface area contributed by atoms with Gasteiger partial charge in [-0.3, -0.25) is 30.6 Å². The zero-order chi connectivity index (χ0) is 20.5. The molecule has 0 unspecified atom stereocenters. The first-order chi connectivity index (χ1) is 13.4. The molecule has 1 saturated carbocycles. The number of hydrazine groups is 1. The van der Waals surface area contributed by atoms with Crippen LogP contribution in [-0.4, -0.2) is 35.4 Å². The number of esters is 1. The maximum absolute atomic E-state index is 12.1. The third-order valence-corrected chi connectivity index (χ3v) is 3.75. The lowest BCUT2D eigenvalue weighted by molar-refractivity contribution is -0.137. The van der Waals surface area contributed by atoms with E-state index in [1.807, 2.05) is 0 Å². The molecule has 1 fully saturated rings. The maximum atomic E-state index is 12.1. The lowest BCUT2D eigenvalue weighted by atomic mass is 10.2. The van der Waals surface area contributed by atoms with Crippen LogP contribution in [0.4, 0.5) is 5.69 Å². The number of benzene rings is 1. The first-order valence-electron chi connectivity index (χ1n) is 8.56. The zero-order valence-electron chi connectivity index (χ0n) is 15.1. The molecule has 0 atom stereocenters. The van der Waals surface area contributed by atoms with Gasteiger partial charge in [-0.05, 0) is 56.2 Å². The Bertz CT molecular complexity index is 803. The molecule has 0 spiro atoms. The van der Waals surface area contributed by atoms with E-state index in [0.29, 0.717) is 11.3 Å². The van der Waals surface area contributed by atoms with Gasteiger partial charge in [-0.1, -0.05) is 0 Å². The topological polar surface area (TPSA) is 126 Å². The minimum absolute atomic E-state index is 0.0167. The van der Waals surface area contributed by atoms with E-state index in [-0.39, 0.29) is 23.5 Å². The highest BCUT2D eigenvalue weighted by atomic mass is 32.1. The molecule has 1 aromatic rings. The van der Waals surface area contributed by atoms with Crippen LogP contribution in [0.3, 0.4) is 0 Å². The van der Waals surface area contributed by atoms with Gasteiger partial charge in [0.2, 0.25) is 11.8 Å². The molecular weight excluding hydrogens is 384 g/mol. The largest absolute Gasteiger partial charge is 0.463 e. The lowest BCUT2D eigenvalue weighted by Crippen LogP contribution is -2.48.